The van der Waals surface area contributed by atoms with E-state index in [-0.39, 0.29) is 0 Å². The van der Waals surface area contributed by atoms with Crippen molar-refractivity contribution in [1.82, 2.24) is 0 Å². The number of hydrogen-bond acceptors (Lipinski definition) is 2. The summed E-state index contributed by atoms with van der Waals surface area (Å²) >= 11 is 0. The van der Waals surface area contributed by atoms with Crippen LogP contribution in [0.5, 0.6) is 0 Å². The van der Waals surface area contributed by atoms with Gasteiger partial charge in [0.1, 0.15) is 0 Å². The molecule has 39 valence electrons. The monoisotopic (exact) mass is 99.0 g/mol. The predicted molar refractivity (Wildman–Crippen MR) is 25.3 cm³/mol. The Hall–Kier alpha value is -0.500. The summed E-state index contributed by atoms with van der Waals surface area (Å²) in [6, 6.07) is 0. The first kappa shape index (κ1) is 4.65. The quantitative estimate of drug-likeness (QED) is 0.445. The van der Waals surface area contributed by atoms with Crippen LogP contribution in [0.2, 0.25) is 0 Å². The van der Waals surface area contributed by atoms with Gasteiger partial charge in [-0.1, -0.05) is 0 Å². The summed E-state index contributed by atoms with van der Waals surface area (Å²) in [7, 11) is 0. The lowest BCUT2D eigenvalue weighted by molar-refractivity contribution is 0.156. The third kappa shape index (κ3) is 1.59. The first-order valence-electron chi connectivity index (χ1n) is 2.20. The van der Waals surface area contributed by atoms with Crippen LogP contribution in [-0.4, -0.2) is 13.2 Å². The first-order chi connectivity index (χ1) is 3.50. The topological polar surface area (TPSA) is 18.5 Å². The van der Waals surface area contributed by atoms with Gasteiger partial charge in [0, 0.05) is 0 Å². The molecule has 0 atom stereocenters. The molecule has 1 rings (SSSR count). The van der Waals surface area contributed by atoms with Gasteiger partial charge in [-0.25, -0.2) is 0 Å². The van der Waals surface area contributed by atoms with Crippen LogP contribution in [0.1, 0.15) is 0 Å². The molecule has 0 aromatic carbocycles. The SMILES string of the molecule is [CH]1COCC=CO1. The lowest BCUT2D eigenvalue weighted by atomic mass is 10.7. The molecule has 1 heterocycles. The maximum atomic E-state index is 4.93. The van der Waals surface area contributed by atoms with Gasteiger partial charge in [-0.3, -0.25) is 0 Å². The van der Waals surface area contributed by atoms with Crippen LogP contribution in [0, 0.1) is 6.61 Å². The zero-order chi connectivity index (χ0) is 4.95. The molecule has 7 heavy (non-hydrogen) atoms. The van der Waals surface area contributed by atoms with E-state index in [2.05, 4.69) is 0 Å². The normalized spacial score (nSPS) is 20.6. The Kier molecular flexibility index (Phi) is 1.75. The van der Waals surface area contributed by atoms with E-state index in [1.807, 2.05) is 6.08 Å². The molecule has 0 bridgehead atoms. The number of hydrogen-bond donors (Lipinski definition) is 0. The Morgan fingerprint density at radius 1 is 1.29 bits per heavy atom. The van der Waals surface area contributed by atoms with Gasteiger partial charge in [-0.15, -0.1) is 0 Å². The van der Waals surface area contributed by atoms with Crippen molar-refractivity contribution >= 4 is 0 Å². The van der Waals surface area contributed by atoms with Crippen molar-refractivity contribution in [2.75, 3.05) is 13.2 Å². The van der Waals surface area contributed by atoms with E-state index >= 15 is 0 Å². The van der Waals surface area contributed by atoms with Crippen LogP contribution in [0.3, 0.4) is 0 Å². The second-order valence-corrected chi connectivity index (χ2v) is 1.21. The Morgan fingerprint density at radius 3 is 3.29 bits per heavy atom. The van der Waals surface area contributed by atoms with Crippen molar-refractivity contribution in [3.63, 3.8) is 0 Å². The van der Waals surface area contributed by atoms with E-state index in [0.29, 0.717) is 13.2 Å². The lowest BCUT2D eigenvalue weighted by Crippen LogP contribution is -1.90. The minimum Gasteiger partial charge on any atom is -0.492 e. The molecule has 0 saturated heterocycles. The molecule has 2 nitrogen and oxygen atoms in total. The summed E-state index contributed by atoms with van der Waals surface area (Å²) in [5.41, 5.74) is 0. The molecule has 0 unspecified atom stereocenters. The maximum absolute atomic E-state index is 4.93. The van der Waals surface area contributed by atoms with Crippen LogP contribution >= 0.6 is 0 Å². The van der Waals surface area contributed by atoms with Gasteiger partial charge < -0.3 is 9.47 Å². The number of rotatable bonds is 0. The third-order valence-corrected chi connectivity index (χ3v) is 0.671. The summed E-state index contributed by atoms with van der Waals surface area (Å²) in [5.74, 6) is 0. The van der Waals surface area contributed by atoms with Gasteiger partial charge in [0.2, 0.25) is 0 Å². The van der Waals surface area contributed by atoms with Crippen molar-refractivity contribution in [2.24, 2.45) is 0 Å². The maximum Gasteiger partial charge on any atom is 0.160 e. The highest BCUT2D eigenvalue weighted by atomic mass is 16.5. The first-order valence-corrected chi connectivity index (χ1v) is 2.20. The van der Waals surface area contributed by atoms with Crippen LogP contribution in [0.4, 0.5) is 0 Å². The molecule has 1 aliphatic rings. The Morgan fingerprint density at radius 2 is 2.29 bits per heavy atom. The minimum atomic E-state index is 0.590. The summed E-state index contributed by atoms with van der Waals surface area (Å²) in [6.45, 7) is 2.87. The van der Waals surface area contributed by atoms with Crippen molar-refractivity contribution < 1.29 is 9.47 Å². The van der Waals surface area contributed by atoms with Crippen molar-refractivity contribution in [1.29, 1.82) is 0 Å². The van der Waals surface area contributed by atoms with E-state index in [1.165, 1.54) is 0 Å². The molecule has 0 aromatic heterocycles. The zero-order valence-corrected chi connectivity index (χ0v) is 3.96. The highest BCUT2D eigenvalue weighted by Gasteiger charge is 1.88. The van der Waals surface area contributed by atoms with Gasteiger partial charge in [0.15, 0.2) is 6.61 Å². The van der Waals surface area contributed by atoms with E-state index in [9.17, 15) is 0 Å². The smallest absolute Gasteiger partial charge is 0.160 e. The van der Waals surface area contributed by atoms with Crippen LogP contribution in [0.25, 0.3) is 0 Å². The van der Waals surface area contributed by atoms with Gasteiger partial charge in [0.25, 0.3) is 0 Å². The second kappa shape index (κ2) is 2.64. The fourth-order valence-electron chi connectivity index (χ4n) is 0.374. The van der Waals surface area contributed by atoms with Crippen LogP contribution in [-0.2, 0) is 9.47 Å². The largest absolute Gasteiger partial charge is 0.492 e. The van der Waals surface area contributed by atoms with Crippen molar-refractivity contribution in [3.05, 3.63) is 18.9 Å². The highest BCUT2D eigenvalue weighted by Crippen LogP contribution is 1.90. The molecule has 0 aromatic rings. The molecule has 2 heteroatoms. The summed E-state index contributed by atoms with van der Waals surface area (Å²) in [5, 5.41) is 0. The highest BCUT2D eigenvalue weighted by molar-refractivity contribution is 4.76. The predicted octanol–water partition coefficient (Wildman–Crippen LogP) is 0.709. The van der Waals surface area contributed by atoms with E-state index in [0.717, 1.165) is 0 Å². The van der Waals surface area contributed by atoms with Gasteiger partial charge in [0.05, 0.1) is 19.5 Å². The van der Waals surface area contributed by atoms with E-state index < -0.39 is 0 Å². The fraction of sp³-hybridized carbons (Fsp3) is 0.400. The molecule has 0 spiro atoms. The van der Waals surface area contributed by atoms with Crippen LogP contribution < -0.4 is 0 Å². The Labute approximate surface area is 42.7 Å². The third-order valence-electron chi connectivity index (χ3n) is 0.671. The molecule has 0 aliphatic carbocycles. The second-order valence-electron chi connectivity index (χ2n) is 1.21. The standard InChI is InChI=1S/C5H7O2/c1-2-6-4-5-7-3-1/h1-2,4H,3,5H2. The van der Waals surface area contributed by atoms with Gasteiger partial charge in [-0.05, 0) is 6.08 Å². The number of ether oxygens (including phenoxy) is 2. The molecule has 1 radical (unpaired) electrons. The Bertz CT molecular complexity index is 60.5. The van der Waals surface area contributed by atoms with Crippen LogP contribution in [0.15, 0.2) is 12.3 Å². The average molecular weight is 99.1 g/mol. The molecule has 0 amide bonds. The molecule has 0 saturated carbocycles. The summed E-state index contributed by atoms with van der Waals surface area (Å²) in [4.78, 5) is 0. The lowest BCUT2D eigenvalue weighted by Gasteiger charge is -1.91. The van der Waals surface area contributed by atoms with E-state index in [1.54, 1.807) is 12.9 Å². The van der Waals surface area contributed by atoms with Crippen molar-refractivity contribution in [2.45, 2.75) is 0 Å². The molecular formula is C5H7O2. The molecular weight excluding hydrogens is 92.1 g/mol. The molecule has 1 aliphatic heterocycles. The zero-order valence-electron chi connectivity index (χ0n) is 3.96. The average Bonchev–Trinajstić information content (AvgIpc) is 1.90. The fourth-order valence-corrected chi connectivity index (χ4v) is 0.374. The van der Waals surface area contributed by atoms with E-state index in [4.69, 9.17) is 9.47 Å². The molecule has 0 fully saturated rings. The Balaban J connectivity index is 2.20. The molecule has 0 N–H and O–H groups in total. The van der Waals surface area contributed by atoms with Gasteiger partial charge in [-0.2, -0.15) is 0 Å². The summed E-state index contributed by atoms with van der Waals surface area (Å²) in [6.07, 6.45) is 3.44. The van der Waals surface area contributed by atoms with Gasteiger partial charge >= 0.3 is 0 Å². The minimum absolute atomic E-state index is 0.590. The summed E-state index contributed by atoms with van der Waals surface area (Å²) < 4.78 is 9.69. The van der Waals surface area contributed by atoms with Crippen molar-refractivity contribution in [3.8, 4) is 0 Å².